The minimum Gasteiger partial charge on any atom is -0.466 e. The van der Waals surface area contributed by atoms with Crippen molar-refractivity contribution < 1.29 is 14.3 Å². The minimum atomic E-state index is -0.411. The first kappa shape index (κ1) is 13.0. The summed E-state index contributed by atoms with van der Waals surface area (Å²) in [6.45, 7) is 0.314. The van der Waals surface area contributed by atoms with Crippen molar-refractivity contribution in [1.29, 1.82) is 0 Å². The van der Waals surface area contributed by atoms with E-state index in [-0.39, 0.29) is 13.2 Å². The number of carbonyl (C=O) groups is 1. The number of hydrogen-bond donors (Lipinski definition) is 0. The lowest BCUT2D eigenvalue weighted by molar-refractivity contribution is -0.136. The number of ether oxygens (including phenoxy) is 2. The van der Waals surface area contributed by atoms with Crippen LogP contribution in [0.2, 0.25) is 0 Å². The van der Waals surface area contributed by atoms with E-state index >= 15 is 0 Å². The Labute approximate surface area is 101 Å². The Morgan fingerprint density at radius 3 is 2.71 bits per heavy atom. The summed E-state index contributed by atoms with van der Waals surface area (Å²) in [4.78, 5) is 11.5. The average molecular weight is 230 g/mol. The van der Waals surface area contributed by atoms with Gasteiger partial charge in [0.1, 0.15) is 6.61 Å². The molecular formula is C14H14O3. The Bertz CT molecular complexity index is 427. The quantitative estimate of drug-likeness (QED) is 0.335. The lowest BCUT2D eigenvalue weighted by Gasteiger charge is -2.05. The number of rotatable bonds is 5. The molecule has 1 rings (SSSR count). The zero-order chi connectivity index (χ0) is 12.5. The van der Waals surface area contributed by atoms with Gasteiger partial charge in [0.05, 0.1) is 19.3 Å². The van der Waals surface area contributed by atoms with Crippen molar-refractivity contribution >= 4 is 12.0 Å². The van der Waals surface area contributed by atoms with Crippen molar-refractivity contribution in [2.45, 2.75) is 0 Å². The molecule has 1 aromatic carbocycles. The first-order chi connectivity index (χ1) is 8.27. The van der Waals surface area contributed by atoms with Gasteiger partial charge in [0, 0.05) is 0 Å². The molecule has 0 aliphatic carbocycles. The molecule has 1 aromatic rings. The largest absolute Gasteiger partial charge is 0.466 e. The molecule has 0 aromatic heterocycles. The topological polar surface area (TPSA) is 35.5 Å². The Morgan fingerprint density at radius 1 is 1.41 bits per heavy atom. The average Bonchev–Trinajstić information content (AvgIpc) is 2.38. The van der Waals surface area contributed by atoms with E-state index in [0.717, 1.165) is 5.56 Å². The van der Waals surface area contributed by atoms with Gasteiger partial charge in [-0.1, -0.05) is 36.3 Å². The van der Waals surface area contributed by atoms with Crippen molar-refractivity contribution in [1.82, 2.24) is 0 Å². The summed E-state index contributed by atoms with van der Waals surface area (Å²) >= 11 is 0. The zero-order valence-electron chi connectivity index (χ0n) is 9.68. The molecule has 0 fully saturated rings. The number of methoxy groups -OCH3 is 1. The lowest BCUT2D eigenvalue weighted by Crippen LogP contribution is -2.11. The maximum atomic E-state index is 11.5. The highest BCUT2D eigenvalue weighted by molar-refractivity contribution is 5.93. The van der Waals surface area contributed by atoms with E-state index in [1.165, 1.54) is 7.11 Å². The van der Waals surface area contributed by atoms with E-state index in [1.807, 2.05) is 30.3 Å². The van der Waals surface area contributed by atoms with Gasteiger partial charge in [-0.25, -0.2) is 4.79 Å². The third-order valence-corrected chi connectivity index (χ3v) is 2.03. The maximum Gasteiger partial charge on any atom is 0.336 e. The molecule has 0 heterocycles. The fourth-order valence-corrected chi connectivity index (χ4v) is 1.26. The minimum absolute atomic E-state index is 0.145. The number of esters is 1. The second kappa shape index (κ2) is 7.26. The van der Waals surface area contributed by atoms with Gasteiger partial charge in [-0.2, -0.15) is 0 Å². The van der Waals surface area contributed by atoms with Crippen molar-refractivity contribution in [3.05, 3.63) is 41.5 Å². The molecule has 0 amide bonds. The van der Waals surface area contributed by atoms with E-state index < -0.39 is 5.97 Å². The molecule has 17 heavy (non-hydrogen) atoms. The van der Waals surface area contributed by atoms with Crippen LogP contribution in [0, 0.1) is 12.3 Å². The SMILES string of the molecule is C#CCOC/C(=C/c1ccccc1)C(=O)OC. The van der Waals surface area contributed by atoms with Gasteiger partial charge < -0.3 is 9.47 Å². The van der Waals surface area contributed by atoms with Crippen LogP contribution in [0.1, 0.15) is 5.56 Å². The van der Waals surface area contributed by atoms with Gasteiger partial charge in [-0.15, -0.1) is 6.42 Å². The molecule has 0 bridgehead atoms. The molecule has 3 heteroatoms. The van der Waals surface area contributed by atoms with Gasteiger partial charge in [0.25, 0.3) is 0 Å². The third kappa shape index (κ3) is 4.54. The van der Waals surface area contributed by atoms with E-state index in [1.54, 1.807) is 6.08 Å². The second-order valence-corrected chi connectivity index (χ2v) is 3.27. The first-order valence-electron chi connectivity index (χ1n) is 5.13. The monoisotopic (exact) mass is 230 g/mol. The van der Waals surface area contributed by atoms with Crippen LogP contribution in [0.25, 0.3) is 6.08 Å². The van der Waals surface area contributed by atoms with Crippen LogP contribution in [0.4, 0.5) is 0 Å². The summed E-state index contributed by atoms with van der Waals surface area (Å²) in [5, 5.41) is 0. The molecule has 0 spiro atoms. The fourth-order valence-electron chi connectivity index (χ4n) is 1.26. The molecular weight excluding hydrogens is 216 g/mol. The highest BCUT2D eigenvalue weighted by Crippen LogP contribution is 2.08. The summed E-state index contributed by atoms with van der Waals surface area (Å²) < 4.78 is 9.81. The van der Waals surface area contributed by atoms with Crippen LogP contribution < -0.4 is 0 Å². The van der Waals surface area contributed by atoms with Crippen LogP contribution in [-0.2, 0) is 14.3 Å². The van der Waals surface area contributed by atoms with Crippen LogP contribution in [0.3, 0.4) is 0 Å². The van der Waals surface area contributed by atoms with Gasteiger partial charge >= 0.3 is 5.97 Å². The summed E-state index contributed by atoms with van der Waals surface area (Å²) in [6, 6.07) is 9.48. The second-order valence-electron chi connectivity index (χ2n) is 3.27. The smallest absolute Gasteiger partial charge is 0.336 e. The van der Waals surface area contributed by atoms with Gasteiger partial charge in [-0.05, 0) is 11.6 Å². The number of terminal acetylenes is 1. The van der Waals surface area contributed by atoms with Crippen LogP contribution in [0.5, 0.6) is 0 Å². The predicted octanol–water partition coefficient (Wildman–Crippen LogP) is 1.89. The number of hydrogen-bond acceptors (Lipinski definition) is 3. The fraction of sp³-hybridized carbons (Fsp3) is 0.214. The zero-order valence-corrected chi connectivity index (χ0v) is 9.68. The van der Waals surface area contributed by atoms with E-state index in [2.05, 4.69) is 10.7 Å². The Balaban J connectivity index is 2.79. The summed E-state index contributed by atoms with van der Waals surface area (Å²) in [6.07, 6.45) is 6.79. The molecule has 0 aliphatic rings. The molecule has 0 saturated carbocycles. The molecule has 0 N–H and O–H groups in total. The number of benzene rings is 1. The normalized spacial score (nSPS) is 10.7. The van der Waals surface area contributed by atoms with Crippen molar-refractivity contribution in [3.8, 4) is 12.3 Å². The Morgan fingerprint density at radius 2 is 2.12 bits per heavy atom. The summed E-state index contributed by atoms with van der Waals surface area (Å²) in [5.41, 5.74) is 1.35. The van der Waals surface area contributed by atoms with Gasteiger partial charge in [0.2, 0.25) is 0 Å². The Hall–Kier alpha value is -2.05. The van der Waals surface area contributed by atoms with Crippen molar-refractivity contribution in [2.75, 3.05) is 20.3 Å². The van der Waals surface area contributed by atoms with Crippen molar-refractivity contribution in [2.24, 2.45) is 0 Å². The van der Waals surface area contributed by atoms with E-state index in [0.29, 0.717) is 5.57 Å². The molecule has 88 valence electrons. The highest BCUT2D eigenvalue weighted by atomic mass is 16.5. The number of carbonyl (C=O) groups excluding carboxylic acids is 1. The van der Waals surface area contributed by atoms with Crippen LogP contribution >= 0.6 is 0 Å². The lowest BCUT2D eigenvalue weighted by atomic mass is 10.1. The van der Waals surface area contributed by atoms with E-state index in [9.17, 15) is 4.79 Å². The third-order valence-electron chi connectivity index (χ3n) is 2.03. The molecule has 0 atom stereocenters. The maximum absolute atomic E-state index is 11.5. The van der Waals surface area contributed by atoms with Crippen molar-refractivity contribution in [3.63, 3.8) is 0 Å². The molecule has 0 radical (unpaired) electrons. The standard InChI is InChI=1S/C14H14O3/c1-3-9-17-11-13(14(15)16-2)10-12-7-5-4-6-8-12/h1,4-8,10H,9,11H2,2H3/b13-10-. The summed E-state index contributed by atoms with van der Waals surface area (Å²) in [7, 11) is 1.34. The Kier molecular flexibility index (Phi) is 5.56. The molecule has 3 nitrogen and oxygen atoms in total. The van der Waals surface area contributed by atoms with Crippen LogP contribution in [-0.4, -0.2) is 26.3 Å². The van der Waals surface area contributed by atoms with Gasteiger partial charge in [0.15, 0.2) is 0 Å². The highest BCUT2D eigenvalue weighted by Gasteiger charge is 2.09. The molecule has 0 unspecified atom stereocenters. The van der Waals surface area contributed by atoms with Crippen LogP contribution in [0.15, 0.2) is 35.9 Å². The molecule has 0 saturated heterocycles. The van der Waals surface area contributed by atoms with Gasteiger partial charge in [-0.3, -0.25) is 0 Å². The predicted molar refractivity (Wildman–Crippen MR) is 66.1 cm³/mol. The molecule has 0 aliphatic heterocycles. The van der Waals surface area contributed by atoms with E-state index in [4.69, 9.17) is 11.2 Å². The first-order valence-corrected chi connectivity index (χ1v) is 5.13. The summed E-state index contributed by atoms with van der Waals surface area (Å²) in [5.74, 6) is 1.93.